The lowest BCUT2D eigenvalue weighted by Gasteiger charge is -2.15. The molecule has 0 atom stereocenters. The number of nitrogens with two attached hydrogens (primary N) is 1. The Morgan fingerprint density at radius 3 is 2.05 bits per heavy atom. The molecule has 5 nitrogen and oxygen atoms in total. The molecule has 0 aliphatic heterocycles. The fourth-order valence-corrected chi connectivity index (χ4v) is 1.63. The second-order valence-electron chi connectivity index (χ2n) is 3.78. The molecule has 3 N–H and O–H groups in total. The van der Waals surface area contributed by atoms with E-state index in [4.69, 9.17) is 33.2 Å². The van der Waals surface area contributed by atoms with Crippen LogP contribution < -0.4 is 15.2 Å². The van der Waals surface area contributed by atoms with Gasteiger partial charge in [-0.1, -0.05) is 11.8 Å². The summed E-state index contributed by atoms with van der Waals surface area (Å²) in [6.07, 6.45) is 10.7. The number of carboxylic acids is 1. The molecule has 0 saturated carbocycles. The van der Waals surface area contributed by atoms with Gasteiger partial charge in [0.1, 0.15) is 24.7 Å². The van der Waals surface area contributed by atoms with E-state index >= 15 is 0 Å². The van der Waals surface area contributed by atoms with Crippen LogP contribution in [0.25, 0.3) is 0 Å². The summed E-state index contributed by atoms with van der Waals surface area (Å²) < 4.78 is 10.7. The number of hydrogen-bond donors (Lipinski definition) is 2. The Morgan fingerprint density at radius 1 is 1.20 bits per heavy atom. The Morgan fingerprint density at radius 2 is 1.70 bits per heavy atom. The van der Waals surface area contributed by atoms with E-state index in [0.29, 0.717) is 30.0 Å². The lowest BCUT2D eigenvalue weighted by Crippen LogP contribution is -2.10. The molecule has 0 amide bonds. The third kappa shape index (κ3) is 3.94. The van der Waals surface area contributed by atoms with Gasteiger partial charge in [0.15, 0.2) is 0 Å². The first-order valence-corrected chi connectivity index (χ1v) is 5.86. The molecule has 0 radical (unpaired) electrons. The average Bonchev–Trinajstić information content (AvgIpc) is 2.44. The van der Waals surface area contributed by atoms with Crippen molar-refractivity contribution in [3.8, 4) is 36.2 Å². The molecule has 0 aromatic heterocycles. The molecule has 20 heavy (non-hydrogen) atoms. The van der Waals surface area contributed by atoms with Crippen molar-refractivity contribution in [2.75, 3.05) is 19.8 Å². The maximum atomic E-state index is 11.1. The van der Waals surface area contributed by atoms with Crippen molar-refractivity contribution < 1.29 is 19.4 Å². The molecule has 0 spiro atoms. The zero-order chi connectivity index (χ0) is 15.0. The van der Waals surface area contributed by atoms with Gasteiger partial charge in [0.2, 0.25) is 0 Å². The average molecular weight is 273 g/mol. The number of carbonyl (C=O) groups is 1. The number of carboxylic acid groups (broad SMARTS) is 1. The zero-order valence-corrected chi connectivity index (χ0v) is 10.9. The van der Waals surface area contributed by atoms with Gasteiger partial charge in [-0.05, 0) is 25.1 Å². The number of benzene rings is 1. The first kappa shape index (κ1) is 15.4. The van der Waals surface area contributed by atoms with E-state index in [-0.39, 0.29) is 18.8 Å². The Labute approximate surface area is 117 Å². The summed E-state index contributed by atoms with van der Waals surface area (Å²) >= 11 is 0. The van der Waals surface area contributed by atoms with Crippen LogP contribution in [0, 0.1) is 24.7 Å². The number of ether oxygens (including phenoxy) is 2. The Balaban J connectivity index is 3.28. The number of aromatic carboxylic acids is 1. The summed E-state index contributed by atoms with van der Waals surface area (Å²) in [4.78, 5) is 11.1. The summed E-state index contributed by atoms with van der Waals surface area (Å²) in [5.41, 5.74) is 6.23. The van der Waals surface area contributed by atoms with Crippen molar-refractivity contribution in [3.05, 3.63) is 23.3 Å². The first-order chi connectivity index (χ1) is 9.63. The fraction of sp³-hybridized carbons (Fsp3) is 0.267. The van der Waals surface area contributed by atoms with Crippen LogP contribution in [-0.2, 0) is 6.42 Å². The van der Waals surface area contributed by atoms with Crippen LogP contribution in [0.5, 0.6) is 11.5 Å². The van der Waals surface area contributed by atoms with E-state index < -0.39 is 5.97 Å². The van der Waals surface area contributed by atoms with Gasteiger partial charge in [0.25, 0.3) is 0 Å². The van der Waals surface area contributed by atoms with Crippen LogP contribution in [0.15, 0.2) is 12.1 Å². The summed E-state index contributed by atoms with van der Waals surface area (Å²) in [6, 6.07) is 2.79. The molecule has 0 bridgehead atoms. The molecular formula is C15H15NO4. The Kier molecular flexibility index (Phi) is 5.96. The topological polar surface area (TPSA) is 81.8 Å². The zero-order valence-electron chi connectivity index (χ0n) is 10.9. The number of rotatable bonds is 7. The van der Waals surface area contributed by atoms with Gasteiger partial charge < -0.3 is 20.3 Å². The smallest absolute Gasteiger partial charge is 0.335 e. The van der Waals surface area contributed by atoms with E-state index in [9.17, 15) is 4.79 Å². The van der Waals surface area contributed by atoms with Crippen LogP contribution in [-0.4, -0.2) is 30.8 Å². The molecule has 0 unspecified atom stereocenters. The minimum atomic E-state index is -1.10. The molecule has 0 saturated heterocycles. The lowest BCUT2D eigenvalue weighted by molar-refractivity contribution is 0.0696. The summed E-state index contributed by atoms with van der Waals surface area (Å²) in [5, 5.41) is 9.09. The number of hydrogen-bond acceptors (Lipinski definition) is 4. The van der Waals surface area contributed by atoms with E-state index in [1.165, 1.54) is 12.1 Å². The molecule has 0 aliphatic carbocycles. The third-order valence-corrected chi connectivity index (χ3v) is 2.43. The van der Waals surface area contributed by atoms with E-state index in [1.54, 1.807) is 0 Å². The maximum Gasteiger partial charge on any atom is 0.335 e. The standard InChI is InChI=1S/C15H15NO4/c1-3-7-19-13-9-11(15(17)18)10-14(20-8-4-2)12(13)5-6-16/h1-2,9-10H,5-8,16H2,(H,17,18). The largest absolute Gasteiger partial charge is 0.481 e. The second-order valence-corrected chi connectivity index (χ2v) is 3.78. The Bertz CT molecular complexity index is 527. The SMILES string of the molecule is C#CCOc1cc(C(=O)O)cc(OCC#C)c1CCN. The van der Waals surface area contributed by atoms with Crippen LogP contribution in [0.3, 0.4) is 0 Å². The highest BCUT2D eigenvalue weighted by atomic mass is 16.5. The van der Waals surface area contributed by atoms with Crippen LogP contribution in [0.2, 0.25) is 0 Å². The van der Waals surface area contributed by atoms with Gasteiger partial charge in [-0.2, -0.15) is 0 Å². The molecule has 0 fully saturated rings. The molecule has 0 heterocycles. The molecule has 1 rings (SSSR count). The fourth-order valence-electron chi connectivity index (χ4n) is 1.63. The van der Waals surface area contributed by atoms with Crippen molar-refractivity contribution in [2.45, 2.75) is 6.42 Å². The van der Waals surface area contributed by atoms with Crippen molar-refractivity contribution in [1.29, 1.82) is 0 Å². The number of terminal acetylenes is 2. The Hall–Kier alpha value is -2.63. The van der Waals surface area contributed by atoms with Gasteiger partial charge in [-0.15, -0.1) is 12.8 Å². The predicted octanol–water partition coefficient (Wildman–Crippen LogP) is 0.910. The highest BCUT2D eigenvalue weighted by Gasteiger charge is 2.16. The molecule has 5 heteroatoms. The highest BCUT2D eigenvalue weighted by molar-refractivity contribution is 5.89. The highest BCUT2D eigenvalue weighted by Crippen LogP contribution is 2.31. The predicted molar refractivity (Wildman–Crippen MR) is 74.8 cm³/mol. The van der Waals surface area contributed by atoms with E-state index in [1.807, 2.05) is 0 Å². The monoisotopic (exact) mass is 273 g/mol. The molecule has 104 valence electrons. The quantitative estimate of drug-likeness (QED) is 0.722. The molecule has 0 aliphatic rings. The van der Waals surface area contributed by atoms with Crippen LogP contribution in [0.1, 0.15) is 15.9 Å². The third-order valence-electron chi connectivity index (χ3n) is 2.43. The van der Waals surface area contributed by atoms with Crippen molar-refractivity contribution in [3.63, 3.8) is 0 Å². The van der Waals surface area contributed by atoms with Crippen molar-refractivity contribution in [1.82, 2.24) is 0 Å². The lowest BCUT2D eigenvalue weighted by atomic mass is 10.1. The molecule has 1 aromatic rings. The minimum Gasteiger partial charge on any atom is -0.481 e. The summed E-state index contributed by atoms with van der Waals surface area (Å²) in [7, 11) is 0. The van der Waals surface area contributed by atoms with Gasteiger partial charge in [-0.25, -0.2) is 4.79 Å². The van der Waals surface area contributed by atoms with Gasteiger partial charge in [0, 0.05) is 5.56 Å². The second kappa shape index (κ2) is 7.73. The van der Waals surface area contributed by atoms with Crippen molar-refractivity contribution >= 4 is 5.97 Å². The summed E-state index contributed by atoms with van der Waals surface area (Å²) in [6.45, 7) is 0.399. The summed E-state index contributed by atoms with van der Waals surface area (Å²) in [5.74, 6) is 4.24. The van der Waals surface area contributed by atoms with E-state index in [0.717, 1.165) is 0 Å². The van der Waals surface area contributed by atoms with Crippen LogP contribution in [0.4, 0.5) is 0 Å². The maximum absolute atomic E-state index is 11.1. The van der Waals surface area contributed by atoms with Crippen molar-refractivity contribution in [2.24, 2.45) is 5.73 Å². The molecule has 1 aromatic carbocycles. The van der Waals surface area contributed by atoms with Gasteiger partial charge in [-0.3, -0.25) is 0 Å². The van der Waals surface area contributed by atoms with Gasteiger partial charge in [0.05, 0.1) is 5.56 Å². The molecular weight excluding hydrogens is 258 g/mol. The van der Waals surface area contributed by atoms with E-state index in [2.05, 4.69) is 11.8 Å². The normalized spacial score (nSPS) is 9.35. The minimum absolute atomic E-state index is 0.0230. The first-order valence-electron chi connectivity index (χ1n) is 5.86. The van der Waals surface area contributed by atoms with Gasteiger partial charge >= 0.3 is 5.97 Å². The van der Waals surface area contributed by atoms with Crippen LogP contribution >= 0.6 is 0 Å².